The van der Waals surface area contributed by atoms with E-state index in [4.69, 9.17) is 4.74 Å². The highest BCUT2D eigenvalue weighted by molar-refractivity contribution is 5.97. The Labute approximate surface area is 151 Å². The van der Waals surface area contributed by atoms with E-state index in [1.54, 1.807) is 41.3 Å². The second-order valence-electron chi connectivity index (χ2n) is 6.26. The van der Waals surface area contributed by atoms with E-state index in [1.807, 2.05) is 26.0 Å². The van der Waals surface area contributed by atoms with Gasteiger partial charge in [0.15, 0.2) is 0 Å². The van der Waals surface area contributed by atoms with Crippen LogP contribution in [0.2, 0.25) is 0 Å². The number of benzene rings is 2. The number of methoxy groups -OCH3 is 1. The van der Waals surface area contributed by atoms with E-state index >= 15 is 0 Å². The summed E-state index contributed by atoms with van der Waals surface area (Å²) in [4.78, 5) is 34.2. The number of carbonyl (C=O) groups excluding carboxylic acids is 1. The molecule has 0 radical (unpaired) electrons. The van der Waals surface area contributed by atoms with Gasteiger partial charge in [-0.15, -0.1) is 0 Å². The highest BCUT2D eigenvalue weighted by atomic mass is 16.5. The first kappa shape index (κ1) is 17.7. The SMILES string of the molecule is COc1ccccc1C(=O)N(Cc1nc2ccccc2c(=O)[nH]1)C(C)C. The molecule has 0 spiro atoms. The molecule has 0 saturated carbocycles. The number of hydrogen-bond donors (Lipinski definition) is 1. The smallest absolute Gasteiger partial charge is 0.258 e. The predicted molar refractivity (Wildman–Crippen MR) is 100 cm³/mol. The van der Waals surface area contributed by atoms with E-state index in [9.17, 15) is 9.59 Å². The number of H-pyrrole nitrogens is 1. The first-order chi connectivity index (χ1) is 12.5. The van der Waals surface area contributed by atoms with Crippen molar-refractivity contribution < 1.29 is 9.53 Å². The Hall–Kier alpha value is -3.15. The fourth-order valence-electron chi connectivity index (χ4n) is 2.84. The maximum absolute atomic E-state index is 13.0. The molecule has 0 bridgehead atoms. The molecule has 1 aromatic heterocycles. The van der Waals surface area contributed by atoms with Crippen LogP contribution in [0, 0.1) is 0 Å². The summed E-state index contributed by atoms with van der Waals surface area (Å²) in [5.74, 6) is 0.794. The van der Waals surface area contributed by atoms with Crippen LogP contribution in [0.25, 0.3) is 10.9 Å². The largest absolute Gasteiger partial charge is 0.496 e. The van der Waals surface area contributed by atoms with Gasteiger partial charge in [0.05, 0.1) is 30.1 Å². The summed E-state index contributed by atoms with van der Waals surface area (Å²) in [5.41, 5.74) is 0.880. The molecule has 0 atom stereocenters. The number of nitrogens with zero attached hydrogens (tertiary/aromatic N) is 2. The predicted octanol–water partition coefficient (Wildman–Crippen LogP) is 2.98. The van der Waals surface area contributed by atoms with Crippen molar-refractivity contribution in [2.75, 3.05) is 7.11 Å². The third-order valence-electron chi connectivity index (χ3n) is 4.20. The zero-order valence-electron chi connectivity index (χ0n) is 15.0. The molecule has 0 aliphatic carbocycles. The van der Waals surface area contributed by atoms with Crippen LogP contribution in [0.1, 0.15) is 30.0 Å². The number of carbonyl (C=O) groups is 1. The molecule has 0 aliphatic heterocycles. The molecule has 1 heterocycles. The normalized spacial score (nSPS) is 10.9. The minimum atomic E-state index is -0.209. The van der Waals surface area contributed by atoms with Crippen LogP contribution in [-0.2, 0) is 6.54 Å². The number of hydrogen-bond acceptors (Lipinski definition) is 4. The Morgan fingerprint density at radius 3 is 2.58 bits per heavy atom. The second-order valence-corrected chi connectivity index (χ2v) is 6.26. The summed E-state index contributed by atoms with van der Waals surface area (Å²) < 4.78 is 5.30. The number of amides is 1. The molecule has 6 heteroatoms. The molecule has 134 valence electrons. The van der Waals surface area contributed by atoms with Crippen LogP contribution in [0.5, 0.6) is 5.75 Å². The van der Waals surface area contributed by atoms with Crippen LogP contribution in [-0.4, -0.2) is 33.9 Å². The number of rotatable bonds is 5. The molecule has 0 fully saturated rings. The van der Waals surface area contributed by atoms with E-state index in [0.717, 1.165) is 0 Å². The van der Waals surface area contributed by atoms with Crippen LogP contribution >= 0.6 is 0 Å². The van der Waals surface area contributed by atoms with Crippen molar-refractivity contribution in [1.82, 2.24) is 14.9 Å². The zero-order valence-corrected chi connectivity index (χ0v) is 15.0. The Bertz CT molecular complexity index is 995. The molecule has 0 saturated heterocycles. The van der Waals surface area contributed by atoms with Gasteiger partial charge in [0, 0.05) is 6.04 Å². The molecule has 3 aromatic rings. The lowest BCUT2D eigenvalue weighted by Gasteiger charge is -2.27. The fourth-order valence-corrected chi connectivity index (χ4v) is 2.84. The van der Waals surface area contributed by atoms with Gasteiger partial charge in [-0.05, 0) is 38.1 Å². The third kappa shape index (κ3) is 3.44. The summed E-state index contributed by atoms with van der Waals surface area (Å²) in [5, 5.41) is 0.531. The molecule has 2 aromatic carbocycles. The molecule has 1 amide bonds. The molecule has 3 rings (SSSR count). The highest BCUT2D eigenvalue weighted by Crippen LogP contribution is 2.21. The van der Waals surface area contributed by atoms with Gasteiger partial charge in [0.1, 0.15) is 11.6 Å². The number of para-hydroxylation sites is 2. The molecule has 1 N–H and O–H groups in total. The minimum Gasteiger partial charge on any atom is -0.496 e. The number of ether oxygens (including phenoxy) is 1. The van der Waals surface area contributed by atoms with E-state index in [2.05, 4.69) is 9.97 Å². The first-order valence-corrected chi connectivity index (χ1v) is 8.43. The molecular weight excluding hydrogens is 330 g/mol. The maximum atomic E-state index is 13.0. The zero-order chi connectivity index (χ0) is 18.7. The summed E-state index contributed by atoms with van der Waals surface area (Å²) in [6.45, 7) is 4.05. The van der Waals surface area contributed by atoms with Gasteiger partial charge < -0.3 is 14.6 Å². The summed E-state index contributed by atoms with van der Waals surface area (Å²) in [6, 6.07) is 14.2. The standard InChI is InChI=1S/C20H21N3O3/c1-13(2)23(20(25)15-9-5-7-11-17(15)26-3)12-18-21-16-10-6-4-8-14(16)19(24)22-18/h4-11,13H,12H2,1-3H3,(H,21,22,24). The van der Waals surface area contributed by atoms with E-state index in [1.165, 1.54) is 7.11 Å². The average molecular weight is 351 g/mol. The first-order valence-electron chi connectivity index (χ1n) is 8.43. The van der Waals surface area contributed by atoms with E-state index in [-0.39, 0.29) is 24.1 Å². The molecule has 0 aliphatic rings. The average Bonchev–Trinajstić information content (AvgIpc) is 2.65. The van der Waals surface area contributed by atoms with Gasteiger partial charge in [-0.2, -0.15) is 0 Å². The van der Waals surface area contributed by atoms with E-state index < -0.39 is 0 Å². The summed E-state index contributed by atoms with van der Waals surface area (Å²) >= 11 is 0. The third-order valence-corrected chi connectivity index (χ3v) is 4.20. The Morgan fingerprint density at radius 1 is 1.15 bits per heavy atom. The van der Waals surface area contributed by atoms with E-state index in [0.29, 0.717) is 28.0 Å². The number of nitrogens with one attached hydrogen (secondary N) is 1. The lowest BCUT2D eigenvalue weighted by Crippen LogP contribution is -2.37. The fraction of sp³-hybridized carbons (Fsp3) is 0.250. The summed E-state index contributed by atoms with van der Waals surface area (Å²) in [6.07, 6.45) is 0. The molecule has 0 unspecified atom stereocenters. The Morgan fingerprint density at radius 2 is 1.85 bits per heavy atom. The molecule has 26 heavy (non-hydrogen) atoms. The lowest BCUT2D eigenvalue weighted by atomic mass is 10.1. The number of aromatic amines is 1. The number of aromatic nitrogens is 2. The van der Waals surface area contributed by atoms with Gasteiger partial charge in [0.25, 0.3) is 11.5 Å². The van der Waals surface area contributed by atoms with Crippen LogP contribution in [0.15, 0.2) is 53.3 Å². The Balaban J connectivity index is 1.97. The van der Waals surface area contributed by atoms with Gasteiger partial charge in [0.2, 0.25) is 0 Å². The minimum absolute atomic E-state index is 0.0795. The van der Waals surface area contributed by atoms with Crippen molar-refractivity contribution in [3.63, 3.8) is 0 Å². The monoisotopic (exact) mass is 351 g/mol. The van der Waals surface area contributed by atoms with Crippen LogP contribution in [0.3, 0.4) is 0 Å². The van der Waals surface area contributed by atoms with Crippen molar-refractivity contribution in [1.29, 1.82) is 0 Å². The molecule has 6 nitrogen and oxygen atoms in total. The van der Waals surface area contributed by atoms with Gasteiger partial charge in [-0.25, -0.2) is 4.98 Å². The van der Waals surface area contributed by atoms with Crippen molar-refractivity contribution in [2.24, 2.45) is 0 Å². The highest BCUT2D eigenvalue weighted by Gasteiger charge is 2.23. The lowest BCUT2D eigenvalue weighted by molar-refractivity contribution is 0.0681. The molecular formula is C20H21N3O3. The van der Waals surface area contributed by atoms with Crippen molar-refractivity contribution in [3.05, 3.63) is 70.3 Å². The number of fused-ring (bicyclic) bond motifs is 1. The van der Waals surface area contributed by atoms with Crippen molar-refractivity contribution in [3.8, 4) is 5.75 Å². The Kier molecular flexibility index (Phi) is 5.02. The van der Waals surface area contributed by atoms with Crippen molar-refractivity contribution >= 4 is 16.8 Å². The topological polar surface area (TPSA) is 75.3 Å². The van der Waals surface area contributed by atoms with Crippen molar-refractivity contribution in [2.45, 2.75) is 26.4 Å². The summed E-state index contributed by atoms with van der Waals surface area (Å²) in [7, 11) is 1.54. The van der Waals surface area contributed by atoms with Gasteiger partial charge >= 0.3 is 0 Å². The van der Waals surface area contributed by atoms with Gasteiger partial charge in [-0.3, -0.25) is 9.59 Å². The van der Waals surface area contributed by atoms with Crippen LogP contribution < -0.4 is 10.3 Å². The van der Waals surface area contributed by atoms with Gasteiger partial charge in [-0.1, -0.05) is 24.3 Å². The maximum Gasteiger partial charge on any atom is 0.258 e. The second kappa shape index (κ2) is 7.39. The quantitative estimate of drug-likeness (QED) is 0.767. The van der Waals surface area contributed by atoms with Crippen LogP contribution in [0.4, 0.5) is 0 Å².